The first-order valence-corrected chi connectivity index (χ1v) is 18.2. The first-order valence-electron chi connectivity index (χ1n) is 18.2. The molecule has 2 heterocycles. The van der Waals surface area contributed by atoms with Gasteiger partial charge in [-0.25, -0.2) is 4.68 Å². The Hall–Kier alpha value is -2.04. The molecule has 4 aliphatic carbocycles. The standard InChI is InChI=1S/C37H62N6O4/c1-21(2)23(5)32(6)15-16-34(8)24-11-12-27-33(7)18-46-20-37(27,25(24)13-14-35(34,9)28(32)30(44)45)17-26(43-31(38)40-41-42-43)29(33)47-19-36(10,39)22(3)4/h13,21-24,26-29H,11-12,14-20,39H2,1-10H3,(H,44,45)(H2,38,40,42)/t23-,24+,26-,27+,28-,29+,32-,33+,34-,35+,36+,37+/m1/s1. The molecule has 1 aromatic heterocycles. The third kappa shape index (κ3) is 4.73. The monoisotopic (exact) mass is 654 g/mol. The highest BCUT2D eigenvalue weighted by molar-refractivity contribution is 5.73. The van der Waals surface area contributed by atoms with Gasteiger partial charge in [0.1, 0.15) is 0 Å². The molecule has 0 radical (unpaired) electrons. The Bertz CT molecular complexity index is 1410. The lowest BCUT2D eigenvalue weighted by molar-refractivity contribution is -0.252. The first kappa shape index (κ1) is 34.8. The fourth-order valence-electron chi connectivity index (χ4n) is 12.0. The van der Waals surface area contributed by atoms with E-state index in [-0.39, 0.29) is 51.1 Å². The van der Waals surface area contributed by atoms with E-state index in [4.69, 9.17) is 20.9 Å². The van der Waals surface area contributed by atoms with Gasteiger partial charge in [-0.3, -0.25) is 4.79 Å². The van der Waals surface area contributed by atoms with Crippen LogP contribution in [0.25, 0.3) is 0 Å². The topological polar surface area (TPSA) is 151 Å². The summed E-state index contributed by atoms with van der Waals surface area (Å²) in [5.74, 6) is 0.823. The average molecular weight is 655 g/mol. The molecule has 1 aromatic rings. The number of nitrogens with zero attached hydrogens (tertiary/aromatic N) is 4. The van der Waals surface area contributed by atoms with Crippen molar-refractivity contribution in [3.8, 4) is 0 Å². The van der Waals surface area contributed by atoms with Crippen LogP contribution < -0.4 is 11.5 Å². The van der Waals surface area contributed by atoms with Gasteiger partial charge < -0.3 is 26.0 Å². The summed E-state index contributed by atoms with van der Waals surface area (Å²) in [6.45, 7) is 24.1. The molecule has 6 rings (SSSR count). The molecule has 5 aliphatic rings. The molecule has 0 aromatic carbocycles. The summed E-state index contributed by atoms with van der Waals surface area (Å²) in [6.07, 6.45) is 7.81. The maximum atomic E-state index is 13.4. The number of rotatable bonds is 8. The minimum atomic E-state index is -0.633. The molecule has 1 saturated heterocycles. The van der Waals surface area contributed by atoms with Crippen LogP contribution in [0.1, 0.15) is 114 Å². The van der Waals surface area contributed by atoms with Crippen molar-refractivity contribution in [3.05, 3.63) is 11.6 Å². The summed E-state index contributed by atoms with van der Waals surface area (Å²) < 4.78 is 15.4. The summed E-state index contributed by atoms with van der Waals surface area (Å²) in [6, 6.07) is -0.188. The second-order valence-electron chi connectivity index (χ2n) is 18.5. The highest BCUT2D eigenvalue weighted by atomic mass is 16.5. The van der Waals surface area contributed by atoms with Gasteiger partial charge in [-0.05, 0) is 102 Å². The minimum Gasteiger partial charge on any atom is -0.481 e. The number of allylic oxidation sites excluding steroid dienone is 1. The molecule has 264 valence electrons. The van der Waals surface area contributed by atoms with E-state index < -0.39 is 17.4 Å². The third-order valence-electron chi connectivity index (χ3n) is 15.8. The molecule has 47 heavy (non-hydrogen) atoms. The summed E-state index contributed by atoms with van der Waals surface area (Å²) in [5, 5.41) is 23.5. The van der Waals surface area contributed by atoms with Gasteiger partial charge in [-0.1, -0.05) is 79.1 Å². The van der Waals surface area contributed by atoms with Crippen molar-refractivity contribution in [3.63, 3.8) is 0 Å². The van der Waals surface area contributed by atoms with Crippen LogP contribution in [0.3, 0.4) is 0 Å². The molecule has 0 spiro atoms. The lowest BCUT2D eigenvalue weighted by Crippen LogP contribution is -2.69. The Morgan fingerprint density at radius 1 is 1.13 bits per heavy atom. The maximum Gasteiger partial charge on any atom is 0.307 e. The number of hydrogen-bond donors (Lipinski definition) is 3. The number of nitrogen functional groups attached to an aromatic ring is 1. The van der Waals surface area contributed by atoms with E-state index in [9.17, 15) is 9.90 Å². The predicted molar refractivity (Wildman–Crippen MR) is 182 cm³/mol. The summed E-state index contributed by atoms with van der Waals surface area (Å²) >= 11 is 0. The number of anilines is 1. The Morgan fingerprint density at radius 3 is 2.43 bits per heavy atom. The van der Waals surface area contributed by atoms with Gasteiger partial charge in [0.05, 0.1) is 37.9 Å². The van der Waals surface area contributed by atoms with Crippen LogP contribution in [0.4, 0.5) is 5.95 Å². The van der Waals surface area contributed by atoms with E-state index in [2.05, 4.69) is 90.8 Å². The van der Waals surface area contributed by atoms with Gasteiger partial charge in [-0.2, -0.15) is 0 Å². The molecule has 12 atom stereocenters. The van der Waals surface area contributed by atoms with Crippen LogP contribution in [-0.4, -0.2) is 62.7 Å². The molecular formula is C37H62N6O4. The van der Waals surface area contributed by atoms with Crippen molar-refractivity contribution in [1.82, 2.24) is 20.2 Å². The van der Waals surface area contributed by atoms with Crippen molar-refractivity contribution in [2.75, 3.05) is 25.6 Å². The highest BCUT2D eigenvalue weighted by Crippen LogP contribution is 2.75. The zero-order valence-corrected chi connectivity index (χ0v) is 30.7. The number of tetrazole rings is 1. The van der Waals surface area contributed by atoms with Crippen molar-refractivity contribution in [1.29, 1.82) is 0 Å². The summed E-state index contributed by atoms with van der Waals surface area (Å²) in [5.41, 5.74) is 12.8. The van der Waals surface area contributed by atoms with Crippen LogP contribution in [0.15, 0.2) is 11.6 Å². The van der Waals surface area contributed by atoms with E-state index in [1.54, 1.807) is 4.68 Å². The quantitative estimate of drug-likeness (QED) is 0.281. The van der Waals surface area contributed by atoms with E-state index in [0.29, 0.717) is 43.5 Å². The van der Waals surface area contributed by atoms with E-state index >= 15 is 0 Å². The molecule has 1 aliphatic heterocycles. The van der Waals surface area contributed by atoms with E-state index in [1.165, 1.54) is 5.57 Å². The fourth-order valence-corrected chi connectivity index (χ4v) is 12.0. The predicted octanol–water partition coefficient (Wildman–Crippen LogP) is 6.14. The minimum absolute atomic E-state index is 0.154. The fraction of sp³-hybridized carbons (Fsp3) is 0.892. The van der Waals surface area contributed by atoms with Crippen LogP contribution >= 0.6 is 0 Å². The van der Waals surface area contributed by atoms with Crippen molar-refractivity contribution < 1.29 is 19.4 Å². The van der Waals surface area contributed by atoms with Gasteiger partial charge in [0.25, 0.3) is 0 Å². The molecule has 10 heteroatoms. The number of carbonyl (C=O) groups is 1. The molecule has 0 unspecified atom stereocenters. The molecule has 2 bridgehead atoms. The number of aliphatic carboxylic acids is 1. The van der Waals surface area contributed by atoms with Gasteiger partial charge in [0, 0.05) is 16.4 Å². The third-order valence-corrected chi connectivity index (χ3v) is 15.8. The largest absolute Gasteiger partial charge is 0.481 e. The molecular weight excluding hydrogens is 592 g/mol. The molecule has 4 fully saturated rings. The number of carboxylic acid groups (broad SMARTS) is 1. The Morgan fingerprint density at radius 2 is 1.83 bits per heavy atom. The highest BCUT2D eigenvalue weighted by Gasteiger charge is 2.72. The Kier molecular flexibility index (Phi) is 8.32. The molecule has 10 nitrogen and oxygen atoms in total. The Labute approximate surface area is 282 Å². The second-order valence-corrected chi connectivity index (χ2v) is 18.5. The molecule has 3 saturated carbocycles. The van der Waals surface area contributed by atoms with Crippen LogP contribution in [0.2, 0.25) is 0 Å². The normalized spacial score (nSPS) is 45.0. The van der Waals surface area contributed by atoms with E-state index in [0.717, 1.165) is 38.5 Å². The van der Waals surface area contributed by atoms with Gasteiger partial charge >= 0.3 is 5.97 Å². The number of ether oxygens (including phenoxy) is 2. The smallest absolute Gasteiger partial charge is 0.307 e. The van der Waals surface area contributed by atoms with E-state index in [1.807, 2.05) is 0 Å². The average Bonchev–Trinajstić information content (AvgIpc) is 3.41. The SMILES string of the molecule is CC(C)[C@@H](C)[C@@]1(C)CC[C@]2(C)[C@H]3CC[C@@H]4[C@@]5(COC[C@]4(C)[C@@H](OC[C@](C)(N)C(C)C)[C@H](n4nnnc4N)C5)C3=CC[C@@]2(C)[C@@H]1C(=O)O. The number of fused-ring (bicyclic) bond motifs is 3. The number of carboxylic acids is 1. The zero-order chi connectivity index (χ0) is 34.5. The first-order chi connectivity index (χ1) is 21.8. The molecule has 0 amide bonds. The number of nitrogens with two attached hydrogens (primary N) is 2. The Balaban J connectivity index is 1.45. The van der Waals surface area contributed by atoms with Gasteiger partial charge in [0.2, 0.25) is 5.95 Å². The van der Waals surface area contributed by atoms with Gasteiger partial charge in [0.15, 0.2) is 0 Å². The van der Waals surface area contributed by atoms with Crippen molar-refractivity contribution in [2.45, 2.75) is 125 Å². The van der Waals surface area contributed by atoms with Gasteiger partial charge in [-0.15, -0.1) is 0 Å². The van der Waals surface area contributed by atoms with Crippen LogP contribution in [0.5, 0.6) is 0 Å². The van der Waals surface area contributed by atoms with Crippen LogP contribution in [0, 0.1) is 62.6 Å². The number of aromatic nitrogens is 4. The summed E-state index contributed by atoms with van der Waals surface area (Å²) in [7, 11) is 0. The van der Waals surface area contributed by atoms with Crippen molar-refractivity contribution in [2.24, 2.45) is 68.3 Å². The summed E-state index contributed by atoms with van der Waals surface area (Å²) in [4.78, 5) is 13.4. The number of hydrogen-bond acceptors (Lipinski definition) is 8. The zero-order valence-electron chi connectivity index (χ0n) is 30.7. The maximum absolute atomic E-state index is 13.4. The molecule has 5 N–H and O–H groups in total. The van der Waals surface area contributed by atoms with Crippen molar-refractivity contribution >= 4 is 11.9 Å². The van der Waals surface area contributed by atoms with Crippen LogP contribution in [-0.2, 0) is 14.3 Å². The lowest BCUT2D eigenvalue weighted by Gasteiger charge is -2.71. The lowest BCUT2D eigenvalue weighted by atomic mass is 9.34. The second kappa shape index (κ2) is 11.2.